The molecule has 0 radical (unpaired) electrons. The average Bonchev–Trinajstić information content (AvgIpc) is 2.61. The van der Waals surface area contributed by atoms with Gasteiger partial charge < -0.3 is 16.0 Å². The van der Waals surface area contributed by atoms with E-state index in [0.29, 0.717) is 11.6 Å². The molecule has 0 bridgehead atoms. The molecule has 2 rings (SSSR count). The van der Waals surface area contributed by atoms with E-state index in [1.165, 1.54) is 19.3 Å². The van der Waals surface area contributed by atoms with Crippen molar-refractivity contribution in [2.24, 2.45) is 0 Å². The molecule has 1 aliphatic rings. The minimum Gasteiger partial charge on any atom is -0.376 e. The lowest BCUT2D eigenvalue weighted by Crippen LogP contribution is -2.36. The van der Waals surface area contributed by atoms with Gasteiger partial charge in [-0.25, -0.2) is 0 Å². The normalized spacial score (nSPS) is 16.1. The molecule has 1 aromatic carbocycles. The lowest BCUT2D eigenvalue weighted by molar-refractivity contribution is -0.120. The predicted octanol–water partition coefficient (Wildman–Crippen LogP) is 3.38. The molecular formula is C20H31N3O2. The van der Waals surface area contributed by atoms with Crippen LogP contribution in [0.3, 0.4) is 0 Å². The Balaban J connectivity index is 1.88. The summed E-state index contributed by atoms with van der Waals surface area (Å²) in [7, 11) is 0. The summed E-state index contributed by atoms with van der Waals surface area (Å²) in [6, 6.07) is 6.07. The van der Waals surface area contributed by atoms with Crippen LogP contribution in [0.2, 0.25) is 0 Å². The van der Waals surface area contributed by atoms with Gasteiger partial charge in [0.1, 0.15) is 0 Å². The van der Waals surface area contributed by atoms with Gasteiger partial charge in [0, 0.05) is 23.3 Å². The van der Waals surface area contributed by atoms with Crippen LogP contribution in [0.1, 0.15) is 68.3 Å². The van der Waals surface area contributed by atoms with Crippen molar-refractivity contribution in [1.82, 2.24) is 10.6 Å². The van der Waals surface area contributed by atoms with Crippen LogP contribution in [0.4, 0.5) is 5.69 Å². The van der Waals surface area contributed by atoms with Gasteiger partial charge in [-0.05, 0) is 56.9 Å². The van der Waals surface area contributed by atoms with Crippen LogP contribution in [-0.4, -0.2) is 30.4 Å². The maximum Gasteiger partial charge on any atom is 0.251 e. The van der Waals surface area contributed by atoms with Crippen molar-refractivity contribution in [3.8, 4) is 0 Å². The highest BCUT2D eigenvalue weighted by Crippen LogP contribution is 2.19. The van der Waals surface area contributed by atoms with Crippen molar-refractivity contribution in [2.75, 3.05) is 11.9 Å². The monoisotopic (exact) mass is 345 g/mol. The third-order valence-electron chi connectivity index (χ3n) is 4.89. The van der Waals surface area contributed by atoms with E-state index < -0.39 is 0 Å². The molecule has 138 valence electrons. The Morgan fingerprint density at radius 1 is 1.20 bits per heavy atom. The Hall–Kier alpha value is -2.04. The minimum atomic E-state index is -0.0205. The van der Waals surface area contributed by atoms with Crippen LogP contribution in [0, 0.1) is 6.92 Å². The van der Waals surface area contributed by atoms with Gasteiger partial charge in [0.05, 0.1) is 6.54 Å². The summed E-state index contributed by atoms with van der Waals surface area (Å²) in [5.74, 6) is -0.0241. The predicted molar refractivity (Wildman–Crippen MR) is 102 cm³/mol. The van der Waals surface area contributed by atoms with Crippen LogP contribution in [0.5, 0.6) is 0 Å². The molecule has 2 amide bonds. The van der Waals surface area contributed by atoms with E-state index in [2.05, 4.69) is 16.0 Å². The molecule has 0 spiro atoms. The zero-order valence-electron chi connectivity index (χ0n) is 15.7. The van der Waals surface area contributed by atoms with E-state index in [1.807, 2.05) is 39.0 Å². The van der Waals surface area contributed by atoms with Crippen molar-refractivity contribution in [1.29, 1.82) is 0 Å². The topological polar surface area (TPSA) is 70.2 Å². The number of amides is 2. The van der Waals surface area contributed by atoms with E-state index >= 15 is 0 Å². The first kappa shape index (κ1) is 19.3. The summed E-state index contributed by atoms with van der Waals surface area (Å²) < 4.78 is 0. The molecule has 1 saturated carbocycles. The van der Waals surface area contributed by atoms with Crippen LogP contribution >= 0.6 is 0 Å². The Labute approximate surface area is 151 Å². The molecule has 3 N–H and O–H groups in total. The van der Waals surface area contributed by atoms with Crippen molar-refractivity contribution in [3.63, 3.8) is 0 Å². The zero-order chi connectivity index (χ0) is 18.2. The highest BCUT2D eigenvalue weighted by molar-refractivity contribution is 5.95. The zero-order valence-corrected chi connectivity index (χ0v) is 15.7. The number of nitrogens with one attached hydrogen (secondary N) is 3. The van der Waals surface area contributed by atoms with Gasteiger partial charge >= 0.3 is 0 Å². The fourth-order valence-corrected chi connectivity index (χ4v) is 3.12. The van der Waals surface area contributed by atoms with Crippen LogP contribution in [0.25, 0.3) is 0 Å². The van der Waals surface area contributed by atoms with Gasteiger partial charge in [-0.15, -0.1) is 0 Å². The summed E-state index contributed by atoms with van der Waals surface area (Å²) in [6.45, 7) is 6.22. The smallest absolute Gasteiger partial charge is 0.251 e. The van der Waals surface area contributed by atoms with Crippen LogP contribution in [-0.2, 0) is 4.79 Å². The fraction of sp³-hybridized carbons (Fsp3) is 0.600. The van der Waals surface area contributed by atoms with Gasteiger partial charge in [-0.2, -0.15) is 0 Å². The third kappa shape index (κ3) is 6.07. The van der Waals surface area contributed by atoms with Crippen molar-refractivity contribution < 1.29 is 9.59 Å². The van der Waals surface area contributed by atoms with Crippen molar-refractivity contribution in [3.05, 3.63) is 29.3 Å². The van der Waals surface area contributed by atoms with E-state index in [1.54, 1.807) is 0 Å². The number of carbonyl (C=O) groups is 2. The second-order valence-electron chi connectivity index (χ2n) is 7.07. The molecule has 1 unspecified atom stereocenters. The molecule has 25 heavy (non-hydrogen) atoms. The Morgan fingerprint density at radius 3 is 2.56 bits per heavy atom. The van der Waals surface area contributed by atoms with Crippen LogP contribution in [0.15, 0.2) is 18.2 Å². The molecule has 1 fully saturated rings. The summed E-state index contributed by atoms with van der Waals surface area (Å²) in [5.41, 5.74) is 2.53. The molecule has 1 aliphatic carbocycles. The first-order valence-electron chi connectivity index (χ1n) is 9.44. The largest absolute Gasteiger partial charge is 0.376 e. The molecule has 5 heteroatoms. The fourth-order valence-electron chi connectivity index (χ4n) is 3.12. The van der Waals surface area contributed by atoms with Gasteiger partial charge in [-0.3, -0.25) is 9.59 Å². The summed E-state index contributed by atoms with van der Waals surface area (Å²) >= 11 is 0. The van der Waals surface area contributed by atoms with Crippen molar-refractivity contribution >= 4 is 17.5 Å². The number of aryl methyl sites for hydroxylation is 1. The second-order valence-corrected chi connectivity index (χ2v) is 7.07. The maximum absolute atomic E-state index is 12.4. The Bertz CT molecular complexity index is 595. The van der Waals surface area contributed by atoms with Gasteiger partial charge in [-0.1, -0.05) is 26.2 Å². The minimum absolute atomic E-state index is 0.00364. The number of hydrogen-bond donors (Lipinski definition) is 3. The lowest BCUT2D eigenvalue weighted by atomic mass is 9.95. The van der Waals surface area contributed by atoms with Crippen LogP contribution < -0.4 is 16.0 Å². The van der Waals surface area contributed by atoms with E-state index in [-0.39, 0.29) is 24.4 Å². The lowest BCUT2D eigenvalue weighted by Gasteiger charge is -2.23. The quantitative estimate of drug-likeness (QED) is 0.709. The third-order valence-corrected chi connectivity index (χ3v) is 4.89. The molecular weight excluding hydrogens is 314 g/mol. The summed E-state index contributed by atoms with van der Waals surface area (Å²) in [4.78, 5) is 24.3. The standard InChI is InChI=1S/C20H31N3O2/c1-4-15(3)22-19(24)13-21-18-11-10-16(12-14(18)2)20(25)23-17-8-6-5-7-9-17/h10-12,15,17,21H,4-9,13H2,1-3H3,(H,22,24)(H,23,25). The molecule has 0 saturated heterocycles. The first-order chi connectivity index (χ1) is 12.0. The number of rotatable bonds is 7. The first-order valence-corrected chi connectivity index (χ1v) is 9.44. The Kier molecular flexibility index (Phi) is 7.29. The summed E-state index contributed by atoms with van der Waals surface area (Å²) in [6.07, 6.45) is 6.74. The average molecular weight is 345 g/mol. The molecule has 1 aromatic rings. The second kappa shape index (κ2) is 9.44. The number of anilines is 1. The maximum atomic E-state index is 12.4. The molecule has 0 aliphatic heterocycles. The van der Waals surface area contributed by atoms with E-state index in [4.69, 9.17) is 0 Å². The number of benzene rings is 1. The van der Waals surface area contributed by atoms with E-state index in [9.17, 15) is 9.59 Å². The van der Waals surface area contributed by atoms with Gasteiger partial charge in [0.15, 0.2) is 0 Å². The van der Waals surface area contributed by atoms with Crippen molar-refractivity contribution in [2.45, 2.75) is 71.4 Å². The Morgan fingerprint density at radius 2 is 1.92 bits per heavy atom. The summed E-state index contributed by atoms with van der Waals surface area (Å²) in [5, 5.41) is 9.21. The highest BCUT2D eigenvalue weighted by Gasteiger charge is 2.17. The van der Waals surface area contributed by atoms with Gasteiger partial charge in [0.25, 0.3) is 5.91 Å². The molecule has 0 heterocycles. The number of hydrogen-bond acceptors (Lipinski definition) is 3. The molecule has 1 atom stereocenters. The SMILES string of the molecule is CCC(C)NC(=O)CNc1ccc(C(=O)NC2CCCCC2)cc1C. The van der Waals surface area contributed by atoms with E-state index in [0.717, 1.165) is 30.5 Å². The molecule has 0 aromatic heterocycles. The molecule has 5 nitrogen and oxygen atoms in total. The van der Waals surface area contributed by atoms with Gasteiger partial charge in [0.2, 0.25) is 5.91 Å². The number of carbonyl (C=O) groups excluding carboxylic acids is 2. The highest BCUT2D eigenvalue weighted by atomic mass is 16.2.